The van der Waals surface area contributed by atoms with E-state index in [0.29, 0.717) is 0 Å². The summed E-state index contributed by atoms with van der Waals surface area (Å²) in [6, 6.07) is 4.11. The molecule has 1 rings (SSSR count). The smallest absolute Gasteiger partial charge is 0.305 e. The predicted molar refractivity (Wildman–Crippen MR) is 68.5 cm³/mol. The van der Waals surface area contributed by atoms with Gasteiger partial charge in [0.25, 0.3) is 5.69 Å². The summed E-state index contributed by atoms with van der Waals surface area (Å²) in [7, 11) is 0. The van der Waals surface area contributed by atoms with Crippen LogP contribution in [0, 0.1) is 10.1 Å². The van der Waals surface area contributed by atoms with Crippen molar-refractivity contribution in [3.8, 4) is 0 Å². The quantitative estimate of drug-likeness (QED) is 0.444. The van der Waals surface area contributed by atoms with Crippen molar-refractivity contribution in [2.45, 2.75) is 19.8 Å². The zero-order valence-corrected chi connectivity index (χ0v) is 10.4. The van der Waals surface area contributed by atoms with E-state index in [1.54, 1.807) is 6.92 Å². The minimum Gasteiger partial charge on any atom is -0.481 e. The second-order valence-corrected chi connectivity index (χ2v) is 3.84. The van der Waals surface area contributed by atoms with Gasteiger partial charge in [0, 0.05) is 24.6 Å². The number of rotatable bonds is 7. The third kappa shape index (κ3) is 4.06. The molecule has 1 aromatic rings. The standard InChI is InChI=1S/C12H14N2O5/c1-2-11(15)8-3-4-9(10(7-8)14(18)19)13-6-5-12(16)17/h3-4,7,13H,2,5-6H2,1H3,(H,16,17). The highest BCUT2D eigenvalue weighted by Gasteiger charge is 2.16. The van der Waals surface area contributed by atoms with E-state index in [2.05, 4.69) is 5.32 Å². The molecule has 0 radical (unpaired) electrons. The summed E-state index contributed by atoms with van der Waals surface area (Å²) in [6.45, 7) is 1.75. The van der Waals surface area contributed by atoms with Gasteiger partial charge in [0.05, 0.1) is 11.3 Å². The summed E-state index contributed by atoms with van der Waals surface area (Å²) in [6.07, 6.45) is 0.121. The average molecular weight is 266 g/mol. The molecule has 0 atom stereocenters. The number of nitrogens with zero attached hydrogens (tertiary/aromatic N) is 1. The van der Waals surface area contributed by atoms with Crippen LogP contribution in [0.4, 0.5) is 11.4 Å². The molecule has 0 saturated heterocycles. The Labute approximate surface area is 109 Å². The van der Waals surface area contributed by atoms with Gasteiger partial charge in [0.1, 0.15) is 5.69 Å². The maximum absolute atomic E-state index is 11.5. The van der Waals surface area contributed by atoms with Crippen molar-refractivity contribution in [1.29, 1.82) is 0 Å². The Morgan fingerprint density at radius 1 is 1.42 bits per heavy atom. The summed E-state index contributed by atoms with van der Waals surface area (Å²) >= 11 is 0. The molecule has 7 nitrogen and oxygen atoms in total. The number of nitro groups is 1. The number of benzene rings is 1. The van der Waals surface area contributed by atoms with Gasteiger partial charge in [-0.25, -0.2) is 0 Å². The molecule has 0 unspecified atom stereocenters. The van der Waals surface area contributed by atoms with Gasteiger partial charge in [-0.3, -0.25) is 19.7 Å². The third-order valence-electron chi connectivity index (χ3n) is 2.49. The first kappa shape index (κ1) is 14.6. The van der Waals surface area contributed by atoms with Gasteiger partial charge >= 0.3 is 5.97 Å². The number of carbonyl (C=O) groups excluding carboxylic acids is 1. The number of anilines is 1. The van der Waals surface area contributed by atoms with Crippen molar-refractivity contribution in [2.75, 3.05) is 11.9 Å². The summed E-state index contributed by atoms with van der Waals surface area (Å²) < 4.78 is 0. The van der Waals surface area contributed by atoms with Gasteiger partial charge in [-0.15, -0.1) is 0 Å². The number of carboxylic acid groups (broad SMARTS) is 1. The van der Waals surface area contributed by atoms with E-state index in [1.165, 1.54) is 18.2 Å². The van der Waals surface area contributed by atoms with E-state index >= 15 is 0 Å². The first-order valence-electron chi connectivity index (χ1n) is 5.73. The van der Waals surface area contributed by atoms with Crippen molar-refractivity contribution < 1.29 is 19.6 Å². The lowest BCUT2D eigenvalue weighted by Crippen LogP contribution is -2.09. The number of hydrogen-bond acceptors (Lipinski definition) is 5. The summed E-state index contributed by atoms with van der Waals surface area (Å²) in [5.41, 5.74) is 0.251. The second kappa shape index (κ2) is 6.48. The number of nitrogens with one attached hydrogen (secondary N) is 1. The maximum atomic E-state index is 11.5. The topological polar surface area (TPSA) is 110 Å². The van der Waals surface area contributed by atoms with Crippen molar-refractivity contribution in [3.63, 3.8) is 0 Å². The van der Waals surface area contributed by atoms with Crippen LogP contribution in [0.1, 0.15) is 30.1 Å². The zero-order valence-electron chi connectivity index (χ0n) is 10.4. The van der Waals surface area contributed by atoms with E-state index in [1.807, 2.05) is 0 Å². The van der Waals surface area contributed by atoms with Crippen LogP contribution in [0.5, 0.6) is 0 Å². The fourth-order valence-electron chi connectivity index (χ4n) is 1.51. The van der Waals surface area contributed by atoms with Crippen LogP contribution in [0.15, 0.2) is 18.2 Å². The molecular formula is C12H14N2O5. The Balaban J connectivity index is 2.95. The number of Topliss-reactive ketones (excluding diaryl/α,β-unsaturated/α-hetero) is 1. The molecule has 0 amide bonds. The van der Waals surface area contributed by atoms with Crippen LogP contribution in [0.25, 0.3) is 0 Å². The largest absolute Gasteiger partial charge is 0.481 e. The molecule has 1 aromatic carbocycles. The lowest BCUT2D eigenvalue weighted by molar-refractivity contribution is -0.384. The summed E-state index contributed by atoms with van der Waals surface area (Å²) in [4.78, 5) is 32.2. The number of aliphatic carboxylic acids is 1. The second-order valence-electron chi connectivity index (χ2n) is 3.84. The Hall–Kier alpha value is -2.44. The van der Waals surface area contributed by atoms with Crippen LogP contribution in [0.2, 0.25) is 0 Å². The Bertz CT molecular complexity index is 513. The van der Waals surface area contributed by atoms with Gasteiger partial charge in [-0.2, -0.15) is 0 Å². The number of nitro benzene ring substituents is 1. The molecule has 0 spiro atoms. The molecule has 7 heteroatoms. The monoisotopic (exact) mass is 266 g/mol. The number of hydrogen-bond donors (Lipinski definition) is 2. The van der Waals surface area contributed by atoms with E-state index < -0.39 is 10.9 Å². The molecule has 0 saturated carbocycles. The predicted octanol–water partition coefficient (Wildman–Crippen LogP) is 2.07. The highest BCUT2D eigenvalue weighted by molar-refractivity contribution is 5.97. The lowest BCUT2D eigenvalue weighted by atomic mass is 10.1. The Morgan fingerprint density at radius 3 is 2.63 bits per heavy atom. The molecule has 0 fully saturated rings. The Morgan fingerprint density at radius 2 is 2.11 bits per heavy atom. The zero-order chi connectivity index (χ0) is 14.4. The third-order valence-corrected chi connectivity index (χ3v) is 2.49. The molecule has 0 aliphatic rings. The van der Waals surface area contributed by atoms with Crippen LogP contribution >= 0.6 is 0 Å². The maximum Gasteiger partial charge on any atom is 0.305 e. The minimum atomic E-state index is -0.993. The molecule has 0 heterocycles. The van der Waals surface area contributed by atoms with Crippen LogP contribution < -0.4 is 5.32 Å². The van der Waals surface area contributed by atoms with Gasteiger partial charge in [0.15, 0.2) is 5.78 Å². The van der Waals surface area contributed by atoms with Crippen LogP contribution in [-0.4, -0.2) is 28.3 Å². The van der Waals surface area contributed by atoms with Gasteiger partial charge < -0.3 is 10.4 Å². The minimum absolute atomic E-state index is 0.0806. The van der Waals surface area contributed by atoms with Crippen molar-refractivity contribution in [3.05, 3.63) is 33.9 Å². The molecule has 0 bridgehead atoms. The number of carbonyl (C=O) groups is 2. The SMILES string of the molecule is CCC(=O)c1ccc(NCCC(=O)O)c([N+](=O)[O-])c1. The van der Waals surface area contributed by atoms with Crippen LogP contribution in [-0.2, 0) is 4.79 Å². The molecule has 0 aromatic heterocycles. The first-order valence-corrected chi connectivity index (χ1v) is 5.73. The van der Waals surface area contributed by atoms with E-state index in [-0.39, 0.29) is 42.1 Å². The first-order chi connectivity index (χ1) is 8.95. The molecule has 19 heavy (non-hydrogen) atoms. The van der Waals surface area contributed by atoms with Gasteiger partial charge in [0.2, 0.25) is 0 Å². The van der Waals surface area contributed by atoms with Crippen molar-refractivity contribution >= 4 is 23.1 Å². The van der Waals surface area contributed by atoms with Crippen molar-refractivity contribution in [2.24, 2.45) is 0 Å². The normalized spacial score (nSPS) is 9.95. The van der Waals surface area contributed by atoms with Crippen LogP contribution in [0.3, 0.4) is 0 Å². The lowest BCUT2D eigenvalue weighted by Gasteiger charge is -2.07. The molecular weight excluding hydrogens is 252 g/mol. The Kier molecular flexibility index (Phi) is 4.99. The van der Waals surface area contributed by atoms with E-state index in [0.717, 1.165) is 0 Å². The molecule has 2 N–H and O–H groups in total. The highest BCUT2D eigenvalue weighted by Crippen LogP contribution is 2.26. The van der Waals surface area contributed by atoms with Gasteiger partial charge in [-0.1, -0.05) is 6.92 Å². The highest BCUT2D eigenvalue weighted by atomic mass is 16.6. The number of ketones is 1. The van der Waals surface area contributed by atoms with E-state index in [9.17, 15) is 19.7 Å². The molecule has 0 aliphatic carbocycles. The fraction of sp³-hybridized carbons (Fsp3) is 0.333. The summed E-state index contributed by atoms with van der Waals surface area (Å²) in [5, 5.41) is 22.1. The van der Waals surface area contributed by atoms with Crippen molar-refractivity contribution in [1.82, 2.24) is 0 Å². The molecule has 102 valence electrons. The summed E-state index contributed by atoms with van der Waals surface area (Å²) in [5.74, 6) is -1.17. The van der Waals surface area contributed by atoms with E-state index in [4.69, 9.17) is 5.11 Å². The average Bonchev–Trinajstić information content (AvgIpc) is 2.37. The molecule has 0 aliphatic heterocycles. The number of carboxylic acids is 1. The fourth-order valence-corrected chi connectivity index (χ4v) is 1.51. The van der Waals surface area contributed by atoms with Gasteiger partial charge in [-0.05, 0) is 12.1 Å².